The Morgan fingerprint density at radius 3 is 2.40 bits per heavy atom. The van der Waals surface area contributed by atoms with Crippen LogP contribution >= 0.6 is 0 Å². The molecule has 0 saturated carbocycles. The van der Waals surface area contributed by atoms with Crippen molar-refractivity contribution in [1.29, 1.82) is 0 Å². The van der Waals surface area contributed by atoms with Crippen LogP contribution in [0, 0.1) is 0 Å². The second-order valence-corrected chi connectivity index (χ2v) is 4.07. The fraction of sp³-hybridized carbons (Fsp3) is 0.0714. The van der Waals surface area contributed by atoms with Gasteiger partial charge in [0.2, 0.25) is 0 Å². The van der Waals surface area contributed by atoms with Gasteiger partial charge >= 0.3 is 0 Å². The zero-order valence-electron chi connectivity index (χ0n) is 10.8. The van der Waals surface area contributed by atoms with E-state index in [1.807, 2.05) is 42.5 Å². The number of carbonyl (C=O) groups is 1. The molecule has 1 amide bonds. The zero-order valence-corrected chi connectivity index (χ0v) is 10.8. The van der Waals surface area contributed by atoms with Gasteiger partial charge in [-0.1, -0.05) is 40.8 Å². The van der Waals surface area contributed by atoms with Crippen molar-refractivity contribution < 1.29 is 4.79 Å². The summed E-state index contributed by atoms with van der Waals surface area (Å²) < 4.78 is 0. The third-order valence-electron chi connectivity index (χ3n) is 2.66. The van der Waals surface area contributed by atoms with E-state index in [0.717, 1.165) is 11.3 Å². The van der Waals surface area contributed by atoms with Crippen LogP contribution in [0.2, 0.25) is 0 Å². The van der Waals surface area contributed by atoms with Crippen LogP contribution < -0.4 is 16.6 Å². The van der Waals surface area contributed by atoms with E-state index in [1.54, 1.807) is 12.1 Å². The molecule has 0 aliphatic carbocycles. The minimum atomic E-state index is -0.141. The maximum atomic E-state index is 12.0. The van der Waals surface area contributed by atoms with Gasteiger partial charge in [-0.05, 0) is 29.8 Å². The number of nitrogens with zero attached hydrogens (tertiary/aromatic N) is 2. The fourth-order valence-corrected chi connectivity index (χ4v) is 1.67. The first-order valence-corrected chi connectivity index (χ1v) is 6.08. The van der Waals surface area contributed by atoms with Crippen molar-refractivity contribution in [3.63, 3.8) is 0 Å². The zero-order chi connectivity index (χ0) is 14.2. The number of nitrogens with two attached hydrogens (primary N) is 1. The van der Waals surface area contributed by atoms with Crippen LogP contribution in [0.5, 0.6) is 0 Å². The average molecular weight is 269 g/mol. The lowest BCUT2D eigenvalue weighted by atomic mass is 10.1. The molecule has 6 heteroatoms. The molecule has 2 aromatic rings. The van der Waals surface area contributed by atoms with Crippen molar-refractivity contribution in [2.24, 2.45) is 16.3 Å². The van der Waals surface area contributed by atoms with Gasteiger partial charge in [-0.2, -0.15) is 0 Å². The molecule has 102 valence electrons. The summed E-state index contributed by atoms with van der Waals surface area (Å²) in [4.78, 5) is 12.0. The van der Waals surface area contributed by atoms with Gasteiger partial charge in [0, 0.05) is 11.3 Å². The van der Waals surface area contributed by atoms with Gasteiger partial charge in [-0.3, -0.25) is 10.2 Å². The van der Waals surface area contributed by atoms with Crippen molar-refractivity contribution in [3.05, 3.63) is 65.7 Å². The van der Waals surface area contributed by atoms with Crippen molar-refractivity contribution in [1.82, 2.24) is 5.43 Å². The van der Waals surface area contributed by atoms with Crippen LogP contribution in [0.4, 0.5) is 5.69 Å². The van der Waals surface area contributed by atoms with Crippen LogP contribution in [0.3, 0.4) is 0 Å². The van der Waals surface area contributed by atoms with E-state index < -0.39 is 0 Å². The summed E-state index contributed by atoms with van der Waals surface area (Å²) in [6, 6.07) is 16.5. The number of hydrogen-bond donors (Lipinski definition) is 3. The smallest absolute Gasteiger partial charge is 0.255 e. The molecule has 0 unspecified atom stereocenters. The minimum absolute atomic E-state index is 0.141. The molecule has 0 fully saturated rings. The molecular weight excluding hydrogens is 254 g/mol. The highest BCUT2D eigenvalue weighted by molar-refractivity contribution is 6.04. The number of hydrogen-bond acceptors (Lipinski definition) is 3. The van der Waals surface area contributed by atoms with Gasteiger partial charge in [0.05, 0.1) is 6.54 Å². The van der Waals surface area contributed by atoms with Gasteiger partial charge in [-0.25, -0.2) is 0 Å². The number of para-hydroxylation sites is 1. The van der Waals surface area contributed by atoms with Gasteiger partial charge in [0.15, 0.2) is 0 Å². The standard InChI is InChI=1S/C14H15N5O/c15-18-19-16-10-11-6-8-12(9-7-11)14(20)17-13-4-2-1-3-5-13/h1-9H,10H2,(H2,15,19)(H,16,18)(H,17,20). The first-order chi connectivity index (χ1) is 9.79. The molecule has 4 N–H and O–H groups in total. The number of rotatable bonds is 5. The number of carbonyl (C=O) groups excluding carboxylic acids is 1. The number of benzene rings is 2. The summed E-state index contributed by atoms with van der Waals surface area (Å²) >= 11 is 0. The van der Waals surface area contributed by atoms with Crippen LogP contribution in [0.25, 0.3) is 0 Å². The number of amides is 1. The molecule has 0 aliphatic heterocycles. The molecule has 0 saturated heterocycles. The minimum Gasteiger partial charge on any atom is -0.322 e. The fourth-order valence-electron chi connectivity index (χ4n) is 1.67. The maximum absolute atomic E-state index is 12.0. The van der Waals surface area contributed by atoms with E-state index in [2.05, 4.69) is 21.2 Å². The van der Waals surface area contributed by atoms with E-state index >= 15 is 0 Å². The Balaban J connectivity index is 1.97. The second kappa shape index (κ2) is 6.89. The number of anilines is 1. The quantitative estimate of drug-likeness (QED) is 0.441. The molecule has 20 heavy (non-hydrogen) atoms. The van der Waals surface area contributed by atoms with Crippen molar-refractivity contribution >= 4 is 11.6 Å². The molecule has 0 bridgehead atoms. The summed E-state index contributed by atoms with van der Waals surface area (Å²) in [5, 5.41) is 9.37. The molecule has 6 nitrogen and oxygen atoms in total. The first kappa shape index (κ1) is 13.5. The lowest BCUT2D eigenvalue weighted by Crippen LogP contribution is -2.12. The van der Waals surface area contributed by atoms with Gasteiger partial charge < -0.3 is 11.2 Å². The summed E-state index contributed by atoms with van der Waals surface area (Å²) in [5.74, 6) is 4.73. The maximum Gasteiger partial charge on any atom is 0.255 e. The predicted molar refractivity (Wildman–Crippen MR) is 76.7 cm³/mol. The van der Waals surface area contributed by atoms with Crippen molar-refractivity contribution in [2.75, 3.05) is 5.32 Å². The molecule has 2 aromatic carbocycles. The third kappa shape index (κ3) is 3.81. The van der Waals surface area contributed by atoms with Crippen LogP contribution in [-0.2, 0) is 6.54 Å². The van der Waals surface area contributed by atoms with Gasteiger partial charge in [-0.15, -0.1) is 0 Å². The molecule has 0 radical (unpaired) electrons. The topological polar surface area (TPSA) is 91.9 Å². The Labute approximate surface area is 116 Å². The Morgan fingerprint density at radius 1 is 1.05 bits per heavy atom. The van der Waals surface area contributed by atoms with Crippen LogP contribution in [0.1, 0.15) is 15.9 Å². The van der Waals surface area contributed by atoms with Gasteiger partial charge in [0.25, 0.3) is 5.91 Å². The van der Waals surface area contributed by atoms with Crippen molar-refractivity contribution in [2.45, 2.75) is 6.54 Å². The Morgan fingerprint density at radius 2 is 1.75 bits per heavy atom. The molecule has 0 spiro atoms. The van der Waals surface area contributed by atoms with E-state index in [1.165, 1.54) is 0 Å². The molecule has 0 aromatic heterocycles. The number of nitrogens with one attached hydrogen (secondary N) is 2. The molecule has 0 atom stereocenters. The summed E-state index contributed by atoms with van der Waals surface area (Å²) in [6.45, 7) is 0.501. The monoisotopic (exact) mass is 269 g/mol. The molecule has 0 heterocycles. The van der Waals surface area contributed by atoms with Gasteiger partial charge in [0.1, 0.15) is 0 Å². The summed E-state index contributed by atoms with van der Waals surface area (Å²) in [7, 11) is 0. The van der Waals surface area contributed by atoms with E-state index in [0.29, 0.717) is 12.1 Å². The average Bonchev–Trinajstić information content (AvgIpc) is 2.49. The van der Waals surface area contributed by atoms with Crippen LogP contribution in [-0.4, -0.2) is 5.91 Å². The molecule has 2 rings (SSSR count). The first-order valence-electron chi connectivity index (χ1n) is 6.08. The summed E-state index contributed by atoms with van der Waals surface area (Å²) in [6.07, 6.45) is 0. The SMILES string of the molecule is N/N=N\NCc1ccc(C(=O)Nc2ccccc2)cc1. The highest BCUT2D eigenvalue weighted by Crippen LogP contribution is 2.09. The highest BCUT2D eigenvalue weighted by atomic mass is 16.1. The lowest BCUT2D eigenvalue weighted by molar-refractivity contribution is 0.102. The third-order valence-corrected chi connectivity index (χ3v) is 2.66. The molecule has 0 aliphatic rings. The Hall–Kier alpha value is -2.89. The summed E-state index contributed by atoms with van der Waals surface area (Å²) in [5.41, 5.74) is 5.02. The predicted octanol–water partition coefficient (Wildman–Crippen LogP) is 2.27. The largest absolute Gasteiger partial charge is 0.322 e. The van der Waals surface area contributed by atoms with Crippen LogP contribution in [0.15, 0.2) is 65.0 Å². The van der Waals surface area contributed by atoms with E-state index in [9.17, 15) is 4.79 Å². The second-order valence-electron chi connectivity index (χ2n) is 4.07. The van der Waals surface area contributed by atoms with Crippen molar-refractivity contribution in [3.8, 4) is 0 Å². The van der Waals surface area contributed by atoms with E-state index in [4.69, 9.17) is 5.84 Å². The Bertz CT molecular complexity index is 580. The molecular formula is C14H15N5O. The normalized spacial score (nSPS) is 10.4. The lowest BCUT2D eigenvalue weighted by Gasteiger charge is -2.06. The highest BCUT2D eigenvalue weighted by Gasteiger charge is 2.05. The Kier molecular flexibility index (Phi) is 4.66. The van der Waals surface area contributed by atoms with E-state index in [-0.39, 0.29) is 5.91 Å².